The van der Waals surface area contributed by atoms with Crippen LogP contribution in [0.3, 0.4) is 0 Å². The van der Waals surface area contributed by atoms with E-state index in [4.69, 9.17) is 29.4 Å². The monoisotopic (exact) mass is 1770 g/mol. The molecule has 0 spiro atoms. The van der Waals surface area contributed by atoms with Crippen LogP contribution in [0.1, 0.15) is 107 Å². The number of ether oxygens (including phenoxy) is 5. The van der Waals surface area contributed by atoms with E-state index >= 15 is 0 Å². The number of likely N-dealkylation sites (N-methyl/N-ethyl adjacent to an activating group) is 2. The van der Waals surface area contributed by atoms with Crippen LogP contribution in [0.5, 0.6) is 23.0 Å². The Balaban J connectivity index is 0.000000181. The molecular weight excluding hydrogens is 1670 g/mol. The second-order valence-electron chi connectivity index (χ2n) is 30.5. The van der Waals surface area contributed by atoms with E-state index in [1.807, 2.05) is 169 Å². The fourth-order valence-electron chi connectivity index (χ4n) is 16.2. The number of hydrogen-bond donors (Lipinski definition) is 4. The van der Waals surface area contributed by atoms with Crippen LogP contribution in [0.15, 0.2) is 170 Å². The Labute approximate surface area is 776 Å². The molecule has 15 rings (SSSR count). The van der Waals surface area contributed by atoms with Crippen molar-refractivity contribution in [2.24, 2.45) is 5.73 Å². The smallest absolute Gasteiger partial charge is 1.00 e. The molecule has 0 bridgehead atoms. The normalized spacial score (nSPS) is 13.4. The first-order valence-electron chi connectivity index (χ1n) is 42.7. The molecule has 3 aliphatic rings. The number of fused-ring (bicyclic) bond motifs is 4. The minimum absolute atomic E-state index is 0. The number of urea groups is 4. The third kappa shape index (κ3) is 19.4. The number of aryl methyl sites for hydroxylation is 4. The van der Waals surface area contributed by atoms with Crippen molar-refractivity contribution < 1.29 is 107 Å². The molecule has 7 heterocycles. The van der Waals surface area contributed by atoms with Crippen LogP contribution in [0, 0.1) is 11.3 Å². The van der Waals surface area contributed by atoms with Crippen LogP contribution in [0.25, 0.3) is 88.6 Å². The number of benzene rings is 8. The molecule has 3 saturated heterocycles. The van der Waals surface area contributed by atoms with Crippen molar-refractivity contribution in [3.05, 3.63) is 192 Å². The van der Waals surface area contributed by atoms with Gasteiger partial charge in [-0.3, -0.25) is 33.6 Å². The standard InChI is InChI=1S/C26H30N4O4.C25H28N4O4.C24H26N4O4.C22H22N4O4.Na.H/c1-7-29-21-15-19(34-8-2)13-14-20(21)22(25(32)27(4)5)23(29)17-9-11-18(12-10-17)30-24(31)16(3)28(6)26(30)33;1-6-28-20-14-18(33-7-2)12-13-19(20)22(24(31)26(3)4)23(28)16-8-10-17(11-9-16)29-21(30)15-27(5)25(29)32;1-4-28-21-13-18(31-5-2)11-12-19(21)20(14-25)23(28)16-7-9-17(10-8-16)27-24(30)26-15-22(29)32-6-3;1-3-25-17-11-15(30-4-2)9-10-16(17)19(21(23)28)20(25)13-5-7-14(8-6-13)26-18(27)12-24-22(26)29;;/h9-16H,7-8H2,1-6H3;8-14H,6-7,15H2,1-5H3;7-13H,4-6,15H2,1-3H3,(H2,26,27,30);5-11H,3-4,12H2,1-2H3,(H2,23,28)(H,24,29);;/q;;;;+1;-1. The van der Waals surface area contributed by atoms with Gasteiger partial charge in [0, 0.05) is 120 Å². The molecule has 14 amide bonds. The summed E-state index contributed by atoms with van der Waals surface area (Å²) in [6.45, 7) is 24.1. The Morgan fingerprint density at radius 2 is 0.846 bits per heavy atom. The molecule has 672 valence electrons. The van der Waals surface area contributed by atoms with E-state index in [9.17, 15) is 58.0 Å². The number of carbonyl (C=O) groups is 11. The molecule has 130 heavy (non-hydrogen) atoms. The Bertz CT molecular complexity index is 6360. The first kappa shape index (κ1) is 96.2. The minimum Gasteiger partial charge on any atom is -1.00 e. The van der Waals surface area contributed by atoms with E-state index in [2.05, 4.69) is 35.7 Å². The summed E-state index contributed by atoms with van der Waals surface area (Å²) in [7, 11) is 10.2. The molecule has 33 heteroatoms. The van der Waals surface area contributed by atoms with Gasteiger partial charge >= 0.3 is 59.7 Å². The fourth-order valence-corrected chi connectivity index (χ4v) is 16.2. The molecule has 3 fully saturated rings. The number of primary amides is 1. The SMILES string of the molecule is CCOC(=O)CNC(=O)Nc1ccc(-c2c(C#N)c3ccc(OCC)cc3n2CC)cc1.CCOc1ccc2c(C(=O)N(C)C)c(-c3ccc(N4C(=O)C(C)N(C)C4=O)cc3)n(CC)c2c1.CCOc1ccc2c(C(=O)N(C)C)c(-c3ccc(N4C(=O)CN(C)C4=O)cc3)n(CC)c2c1.CCOc1ccc2c(C(N)=O)c(-c3ccc(N4C(=O)CNC4=O)cc3)n(CC)c2c1.[H-].[Na+]. The Kier molecular flexibility index (Phi) is 31.1. The van der Waals surface area contributed by atoms with Gasteiger partial charge in [0.1, 0.15) is 48.2 Å². The third-order valence-corrected chi connectivity index (χ3v) is 22.2. The average Bonchev–Trinajstić information content (AvgIpc) is 1.51. The first-order chi connectivity index (χ1) is 62.0. The van der Waals surface area contributed by atoms with E-state index in [0.717, 1.165) is 105 Å². The van der Waals surface area contributed by atoms with Crippen molar-refractivity contribution in [2.75, 3.05) is 115 Å². The van der Waals surface area contributed by atoms with Gasteiger partial charge in [0.05, 0.1) is 124 Å². The van der Waals surface area contributed by atoms with Gasteiger partial charge in [-0.1, -0.05) is 48.5 Å². The predicted molar refractivity (Wildman–Crippen MR) is 497 cm³/mol. The molecule has 1 atom stereocenters. The summed E-state index contributed by atoms with van der Waals surface area (Å²) in [6.07, 6.45) is 0. The second kappa shape index (κ2) is 42.0. The first-order valence-corrected chi connectivity index (χ1v) is 42.7. The summed E-state index contributed by atoms with van der Waals surface area (Å²) in [5.74, 6) is 0.936. The zero-order chi connectivity index (χ0) is 93.1. The van der Waals surface area contributed by atoms with Crippen LogP contribution >= 0.6 is 0 Å². The molecule has 0 radical (unpaired) electrons. The Morgan fingerprint density at radius 3 is 1.19 bits per heavy atom. The van der Waals surface area contributed by atoms with Gasteiger partial charge in [-0.15, -0.1) is 0 Å². The zero-order valence-electron chi connectivity index (χ0n) is 77.2. The van der Waals surface area contributed by atoms with Crippen LogP contribution in [-0.2, 0) is 50.1 Å². The Hall–Kier alpha value is -14.4. The number of aromatic nitrogens is 4. The largest absolute Gasteiger partial charge is 1.00 e. The molecule has 8 aromatic carbocycles. The number of anilines is 4. The number of amides is 14. The maximum atomic E-state index is 13.3. The summed E-state index contributed by atoms with van der Waals surface area (Å²) in [4.78, 5) is 145. The topological polar surface area (TPSA) is 362 Å². The summed E-state index contributed by atoms with van der Waals surface area (Å²) in [5.41, 5.74) is 20.0. The minimum atomic E-state index is -0.524. The number of nitrogens with two attached hydrogens (primary N) is 1. The van der Waals surface area contributed by atoms with Crippen molar-refractivity contribution in [2.45, 2.75) is 101 Å². The van der Waals surface area contributed by atoms with Crippen molar-refractivity contribution >= 4 is 132 Å². The van der Waals surface area contributed by atoms with Crippen molar-refractivity contribution in [3.63, 3.8) is 0 Å². The van der Waals surface area contributed by atoms with E-state index in [1.165, 1.54) is 19.6 Å². The number of nitriles is 1. The number of hydrogen-bond acceptors (Lipinski definition) is 17. The quantitative estimate of drug-likeness (QED) is 0.0222. The van der Waals surface area contributed by atoms with Crippen LogP contribution in [0.2, 0.25) is 0 Å². The van der Waals surface area contributed by atoms with Gasteiger partial charge in [-0.25, -0.2) is 33.9 Å². The van der Waals surface area contributed by atoms with Crippen molar-refractivity contribution in [1.29, 1.82) is 5.26 Å². The van der Waals surface area contributed by atoms with Crippen LogP contribution in [0.4, 0.5) is 41.9 Å². The average molecular weight is 1780 g/mol. The van der Waals surface area contributed by atoms with Crippen molar-refractivity contribution in [1.82, 2.24) is 48.5 Å². The van der Waals surface area contributed by atoms with E-state index < -0.39 is 30.0 Å². The zero-order valence-corrected chi connectivity index (χ0v) is 78.2. The van der Waals surface area contributed by atoms with Gasteiger partial charge in [0.25, 0.3) is 35.4 Å². The molecule has 1 unspecified atom stereocenters. The third-order valence-electron chi connectivity index (χ3n) is 22.2. The van der Waals surface area contributed by atoms with E-state index in [-0.39, 0.29) is 98.8 Å². The number of carbonyl (C=O) groups excluding carboxylic acids is 11. The summed E-state index contributed by atoms with van der Waals surface area (Å²) >= 11 is 0. The predicted octanol–water partition coefficient (Wildman–Crippen LogP) is 12.3. The number of nitrogens with zero attached hydrogens (tertiary/aromatic N) is 12. The summed E-state index contributed by atoms with van der Waals surface area (Å²) < 4.78 is 35.7. The van der Waals surface area contributed by atoms with E-state index in [1.54, 1.807) is 127 Å². The number of rotatable bonds is 26. The van der Waals surface area contributed by atoms with Crippen molar-refractivity contribution in [3.8, 4) is 74.1 Å². The number of imide groups is 3. The van der Waals surface area contributed by atoms with Gasteiger partial charge in [-0.05, 0) is 189 Å². The molecule has 0 aliphatic carbocycles. The molecule has 3 aliphatic heterocycles. The maximum Gasteiger partial charge on any atom is 1.00 e. The maximum absolute atomic E-state index is 13.3. The van der Waals surface area contributed by atoms with Crippen LogP contribution < -0.4 is 84.9 Å². The molecule has 32 nitrogen and oxygen atoms in total. The van der Waals surface area contributed by atoms with Gasteiger partial charge in [0.2, 0.25) is 0 Å². The van der Waals surface area contributed by atoms with Gasteiger partial charge in [0.15, 0.2) is 0 Å². The van der Waals surface area contributed by atoms with E-state index in [0.29, 0.717) is 109 Å². The molecule has 4 aromatic heterocycles. The number of nitrogens with one attached hydrogen (secondary N) is 3. The van der Waals surface area contributed by atoms with Crippen LogP contribution in [-0.4, -0.2) is 204 Å². The summed E-state index contributed by atoms with van der Waals surface area (Å²) in [6, 6.07) is 51.6. The second-order valence-corrected chi connectivity index (χ2v) is 30.5. The van der Waals surface area contributed by atoms with Gasteiger partial charge < -0.3 is 84.7 Å². The fraction of sp³-hybridized carbons (Fsp3) is 0.299. The molecule has 12 aromatic rings. The number of esters is 1. The summed E-state index contributed by atoms with van der Waals surface area (Å²) in [5, 5.41) is 20.8. The molecule has 0 saturated carbocycles. The Morgan fingerprint density at radius 1 is 0.477 bits per heavy atom. The molecular formula is C97H107N16NaO16. The van der Waals surface area contributed by atoms with Gasteiger partial charge in [-0.2, -0.15) is 5.26 Å². The molecule has 5 N–H and O–H groups in total.